The van der Waals surface area contributed by atoms with E-state index in [9.17, 15) is 5.11 Å². The number of aromatic nitrogens is 1. The molecule has 0 radical (unpaired) electrons. The van der Waals surface area contributed by atoms with Crippen LogP contribution in [0.3, 0.4) is 0 Å². The van der Waals surface area contributed by atoms with Gasteiger partial charge in [-0.3, -0.25) is 4.98 Å². The number of nitrogens with one attached hydrogen (secondary N) is 1. The van der Waals surface area contributed by atoms with Gasteiger partial charge in [-0.1, -0.05) is 0 Å². The first kappa shape index (κ1) is 14.2. The largest absolute Gasteiger partial charge is 0.394 e. The minimum Gasteiger partial charge on any atom is -0.394 e. The fourth-order valence-electron chi connectivity index (χ4n) is 2.35. The quantitative estimate of drug-likeness (QED) is 0.849. The standard InChI is InChI=1S/C14H23N3O2/c1-10-7-17(8-13(9-18)19-10)12-4-5-14(16-6-12)11(2)15-3/h4-6,10-11,13,15,18H,7-9H2,1-3H3. The lowest BCUT2D eigenvalue weighted by Crippen LogP contribution is -2.48. The van der Waals surface area contributed by atoms with Gasteiger partial charge in [0.1, 0.15) is 0 Å². The summed E-state index contributed by atoms with van der Waals surface area (Å²) >= 11 is 0. The molecule has 1 aromatic heterocycles. The van der Waals surface area contributed by atoms with Crippen molar-refractivity contribution in [1.82, 2.24) is 10.3 Å². The highest BCUT2D eigenvalue weighted by Gasteiger charge is 2.25. The van der Waals surface area contributed by atoms with Crippen molar-refractivity contribution in [1.29, 1.82) is 0 Å². The molecule has 2 heterocycles. The van der Waals surface area contributed by atoms with Crippen LogP contribution in [-0.4, -0.2) is 49.0 Å². The monoisotopic (exact) mass is 265 g/mol. The van der Waals surface area contributed by atoms with Crippen LogP contribution in [0.2, 0.25) is 0 Å². The Morgan fingerprint density at radius 1 is 1.53 bits per heavy atom. The Balaban J connectivity index is 2.08. The van der Waals surface area contributed by atoms with E-state index in [4.69, 9.17) is 4.74 Å². The summed E-state index contributed by atoms with van der Waals surface area (Å²) < 4.78 is 5.64. The van der Waals surface area contributed by atoms with Crippen LogP contribution in [0, 0.1) is 0 Å². The van der Waals surface area contributed by atoms with E-state index >= 15 is 0 Å². The first-order valence-corrected chi connectivity index (χ1v) is 6.78. The van der Waals surface area contributed by atoms with E-state index < -0.39 is 0 Å². The Kier molecular flexibility index (Phi) is 4.74. The molecular formula is C14H23N3O2. The third-order valence-corrected chi connectivity index (χ3v) is 3.54. The zero-order valence-corrected chi connectivity index (χ0v) is 11.8. The van der Waals surface area contributed by atoms with Crippen LogP contribution in [0.5, 0.6) is 0 Å². The van der Waals surface area contributed by atoms with E-state index in [0.29, 0.717) is 6.54 Å². The Morgan fingerprint density at radius 3 is 2.89 bits per heavy atom. The highest BCUT2D eigenvalue weighted by atomic mass is 16.5. The van der Waals surface area contributed by atoms with Crippen molar-refractivity contribution in [3.63, 3.8) is 0 Å². The molecule has 5 heteroatoms. The summed E-state index contributed by atoms with van der Waals surface area (Å²) in [6.07, 6.45) is 1.91. The molecule has 2 rings (SSSR count). The summed E-state index contributed by atoms with van der Waals surface area (Å²) in [7, 11) is 1.93. The van der Waals surface area contributed by atoms with Crippen LogP contribution in [0.25, 0.3) is 0 Å². The van der Waals surface area contributed by atoms with Crippen LogP contribution >= 0.6 is 0 Å². The number of morpholine rings is 1. The van der Waals surface area contributed by atoms with Crippen molar-refractivity contribution in [3.05, 3.63) is 24.0 Å². The summed E-state index contributed by atoms with van der Waals surface area (Å²) in [6.45, 7) is 5.71. The maximum atomic E-state index is 9.25. The molecule has 1 fully saturated rings. The van der Waals surface area contributed by atoms with Crippen molar-refractivity contribution >= 4 is 5.69 Å². The molecule has 1 saturated heterocycles. The SMILES string of the molecule is CNC(C)c1ccc(N2CC(C)OC(CO)C2)cn1. The first-order chi connectivity index (χ1) is 9.13. The van der Waals surface area contributed by atoms with Crippen LogP contribution in [0.15, 0.2) is 18.3 Å². The van der Waals surface area contributed by atoms with Gasteiger partial charge in [0, 0.05) is 19.1 Å². The molecule has 2 N–H and O–H groups in total. The van der Waals surface area contributed by atoms with Crippen molar-refractivity contribution in [2.75, 3.05) is 31.6 Å². The third kappa shape index (κ3) is 3.43. The number of anilines is 1. The maximum absolute atomic E-state index is 9.25. The average molecular weight is 265 g/mol. The van der Waals surface area contributed by atoms with Gasteiger partial charge >= 0.3 is 0 Å². The van der Waals surface area contributed by atoms with Gasteiger partial charge in [-0.15, -0.1) is 0 Å². The summed E-state index contributed by atoms with van der Waals surface area (Å²) in [4.78, 5) is 6.71. The summed E-state index contributed by atoms with van der Waals surface area (Å²) in [5, 5.41) is 12.4. The summed E-state index contributed by atoms with van der Waals surface area (Å²) in [5.74, 6) is 0. The molecule has 1 aliphatic rings. The van der Waals surface area contributed by atoms with Gasteiger partial charge in [-0.2, -0.15) is 0 Å². The Morgan fingerprint density at radius 2 is 2.32 bits per heavy atom. The van der Waals surface area contributed by atoms with Crippen LogP contribution in [0.4, 0.5) is 5.69 Å². The van der Waals surface area contributed by atoms with E-state index in [1.165, 1.54) is 0 Å². The van der Waals surface area contributed by atoms with Crippen LogP contribution < -0.4 is 10.2 Å². The molecule has 1 aromatic rings. The number of hydrogen-bond acceptors (Lipinski definition) is 5. The second-order valence-corrected chi connectivity index (χ2v) is 5.11. The fraction of sp³-hybridized carbons (Fsp3) is 0.643. The van der Waals surface area contributed by atoms with Crippen LogP contribution in [-0.2, 0) is 4.74 Å². The summed E-state index contributed by atoms with van der Waals surface area (Å²) in [5.41, 5.74) is 2.12. The van der Waals surface area contributed by atoms with E-state index in [2.05, 4.69) is 28.2 Å². The molecule has 1 aliphatic heterocycles. The van der Waals surface area contributed by atoms with E-state index in [-0.39, 0.29) is 24.9 Å². The van der Waals surface area contributed by atoms with Gasteiger partial charge in [-0.25, -0.2) is 0 Å². The minimum absolute atomic E-state index is 0.0587. The molecule has 3 unspecified atom stereocenters. The molecular weight excluding hydrogens is 242 g/mol. The number of pyridine rings is 1. The predicted octanol–water partition coefficient (Wildman–Crippen LogP) is 0.948. The van der Waals surface area contributed by atoms with E-state index in [0.717, 1.165) is 17.9 Å². The van der Waals surface area contributed by atoms with E-state index in [1.807, 2.05) is 26.2 Å². The number of aliphatic hydroxyl groups is 1. The van der Waals surface area contributed by atoms with Gasteiger partial charge in [0.25, 0.3) is 0 Å². The van der Waals surface area contributed by atoms with Gasteiger partial charge in [0.15, 0.2) is 0 Å². The van der Waals surface area contributed by atoms with Crippen LogP contribution in [0.1, 0.15) is 25.6 Å². The second-order valence-electron chi connectivity index (χ2n) is 5.11. The lowest BCUT2D eigenvalue weighted by molar-refractivity contribution is -0.0421. The highest BCUT2D eigenvalue weighted by Crippen LogP contribution is 2.21. The van der Waals surface area contributed by atoms with Crippen molar-refractivity contribution < 1.29 is 9.84 Å². The first-order valence-electron chi connectivity index (χ1n) is 6.78. The van der Waals surface area contributed by atoms with Crippen molar-refractivity contribution in [2.24, 2.45) is 0 Å². The number of hydrogen-bond donors (Lipinski definition) is 2. The average Bonchev–Trinajstić information content (AvgIpc) is 2.46. The van der Waals surface area contributed by atoms with Gasteiger partial charge in [0.2, 0.25) is 0 Å². The number of aliphatic hydroxyl groups excluding tert-OH is 1. The highest BCUT2D eigenvalue weighted by molar-refractivity contribution is 5.45. The molecule has 0 saturated carbocycles. The van der Waals surface area contributed by atoms with Gasteiger partial charge < -0.3 is 20.1 Å². The Bertz CT molecular complexity index is 396. The minimum atomic E-state index is -0.111. The van der Waals surface area contributed by atoms with Gasteiger partial charge in [-0.05, 0) is 33.0 Å². The molecule has 0 spiro atoms. The molecule has 0 amide bonds. The third-order valence-electron chi connectivity index (χ3n) is 3.54. The number of rotatable bonds is 4. The normalized spacial score (nSPS) is 25.4. The molecule has 0 bridgehead atoms. The molecule has 0 aliphatic carbocycles. The molecule has 19 heavy (non-hydrogen) atoms. The smallest absolute Gasteiger partial charge is 0.0984 e. The maximum Gasteiger partial charge on any atom is 0.0984 e. The Labute approximate surface area is 114 Å². The van der Waals surface area contributed by atoms with E-state index in [1.54, 1.807) is 0 Å². The second kappa shape index (κ2) is 6.32. The lowest BCUT2D eigenvalue weighted by atomic mass is 10.2. The van der Waals surface area contributed by atoms with Crippen molar-refractivity contribution in [3.8, 4) is 0 Å². The molecule has 106 valence electrons. The Hall–Kier alpha value is -1.17. The lowest BCUT2D eigenvalue weighted by Gasteiger charge is -2.37. The molecule has 5 nitrogen and oxygen atoms in total. The van der Waals surface area contributed by atoms with Gasteiger partial charge in [0.05, 0.1) is 36.4 Å². The topological polar surface area (TPSA) is 57.6 Å². The zero-order valence-electron chi connectivity index (χ0n) is 11.8. The zero-order chi connectivity index (χ0) is 13.8. The summed E-state index contributed by atoms with van der Waals surface area (Å²) in [6, 6.07) is 4.38. The predicted molar refractivity (Wildman–Crippen MR) is 75.3 cm³/mol. The number of nitrogens with zero attached hydrogens (tertiary/aromatic N) is 2. The molecule has 0 aromatic carbocycles. The molecule has 3 atom stereocenters. The fourth-order valence-corrected chi connectivity index (χ4v) is 2.35. The number of ether oxygens (including phenoxy) is 1. The van der Waals surface area contributed by atoms with Crippen molar-refractivity contribution in [2.45, 2.75) is 32.1 Å².